The fourth-order valence-electron chi connectivity index (χ4n) is 2.21. The SMILES string of the molecule is O=C(O)C1COC(C2CCCCC2)O1. The van der Waals surface area contributed by atoms with Crippen LogP contribution >= 0.6 is 0 Å². The van der Waals surface area contributed by atoms with Gasteiger partial charge >= 0.3 is 5.97 Å². The average molecular weight is 200 g/mol. The number of carboxylic acid groups (broad SMARTS) is 1. The van der Waals surface area contributed by atoms with Crippen LogP contribution in [-0.2, 0) is 14.3 Å². The number of rotatable bonds is 2. The largest absolute Gasteiger partial charge is 0.479 e. The van der Waals surface area contributed by atoms with Crippen molar-refractivity contribution in [2.75, 3.05) is 6.61 Å². The standard InChI is InChI=1S/C10H16O4/c11-9(12)8-6-13-10(14-8)7-4-2-1-3-5-7/h7-8,10H,1-6H2,(H,11,12). The Morgan fingerprint density at radius 1 is 1.21 bits per heavy atom. The first-order chi connectivity index (χ1) is 6.77. The van der Waals surface area contributed by atoms with Gasteiger partial charge in [0.15, 0.2) is 12.4 Å². The van der Waals surface area contributed by atoms with Gasteiger partial charge in [-0.05, 0) is 12.8 Å². The lowest BCUT2D eigenvalue weighted by Gasteiger charge is -2.25. The van der Waals surface area contributed by atoms with Gasteiger partial charge in [0.05, 0.1) is 6.61 Å². The van der Waals surface area contributed by atoms with Crippen molar-refractivity contribution in [2.45, 2.75) is 44.5 Å². The summed E-state index contributed by atoms with van der Waals surface area (Å²) in [5.74, 6) is -0.503. The Bertz CT molecular complexity index is 210. The third-order valence-electron chi connectivity index (χ3n) is 3.02. The fourth-order valence-corrected chi connectivity index (χ4v) is 2.21. The maximum atomic E-state index is 10.6. The second kappa shape index (κ2) is 4.28. The van der Waals surface area contributed by atoms with Crippen molar-refractivity contribution < 1.29 is 19.4 Å². The van der Waals surface area contributed by atoms with Crippen LogP contribution < -0.4 is 0 Å². The minimum absolute atomic E-state index is 0.205. The molecule has 80 valence electrons. The van der Waals surface area contributed by atoms with Crippen LogP contribution in [0.15, 0.2) is 0 Å². The average Bonchev–Trinajstić information content (AvgIpc) is 2.68. The summed E-state index contributed by atoms with van der Waals surface area (Å²) in [6, 6.07) is 0. The lowest BCUT2D eigenvalue weighted by atomic mass is 9.89. The molecule has 0 amide bonds. The molecule has 2 aliphatic rings. The van der Waals surface area contributed by atoms with Crippen molar-refractivity contribution in [3.8, 4) is 0 Å². The predicted molar refractivity (Wildman–Crippen MR) is 48.8 cm³/mol. The van der Waals surface area contributed by atoms with E-state index in [1.807, 2.05) is 0 Å². The molecule has 1 saturated heterocycles. The molecule has 4 heteroatoms. The molecule has 1 saturated carbocycles. The number of carbonyl (C=O) groups is 1. The summed E-state index contributed by atoms with van der Waals surface area (Å²) in [4.78, 5) is 10.6. The van der Waals surface area contributed by atoms with Gasteiger partial charge in [-0.3, -0.25) is 0 Å². The van der Waals surface area contributed by atoms with Gasteiger partial charge in [0.25, 0.3) is 0 Å². The molecule has 0 aromatic rings. The van der Waals surface area contributed by atoms with Crippen LogP contribution in [0.1, 0.15) is 32.1 Å². The van der Waals surface area contributed by atoms with Crippen LogP contribution in [0.2, 0.25) is 0 Å². The summed E-state index contributed by atoms with van der Waals surface area (Å²) in [5.41, 5.74) is 0. The molecule has 0 aromatic carbocycles. The Morgan fingerprint density at radius 3 is 2.50 bits per heavy atom. The van der Waals surface area contributed by atoms with E-state index in [2.05, 4.69) is 0 Å². The fraction of sp³-hybridized carbons (Fsp3) is 0.900. The number of hydrogen-bond acceptors (Lipinski definition) is 3. The van der Waals surface area contributed by atoms with E-state index in [4.69, 9.17) is 14.6 Å². The van der Waals surface area contributed by atoms with Crippen LogP contribution in [0.4, 0.5) is 0 Å². The highest BCUT2D eigenvalue weighted by Crippen LogP contribution is 2.31. The predicted octanol–water partition coefficient (Wildman–Crippen LogP) is 1.39. The second-order valence-electron chi connectivity index (χ2n) is 4.06. The highest BCUT2D eigenvalue weighted by Gasteiger charge is 2.36. The maximum absolute atomic E-state index is 10.6. The third-order valence-corrected chi connectivity index (χ3v) is 3.02. The van der Waals surface area contributed by atoms with Crippen molar-refractivity contribution in [1.29, 1.82) is 0 Å². The molecule has 2 unspecified atom stereocenters. The van der Waals surface area contributed by atoms with E-state index in [0.29, 0.717) is 5.92 Å². The van der Waals surface area contributed by atoms with Crippen molar-refractivity contribution in [3.05, 3.63) is 0 Å². The molecule has 1 aliphatic heterocycles. The molecule has 14 heavy (non-hydrogen) atoms. The number of hydrogen-bond donors (Lipinski definition) is 1. The Labute approximate surface area is 83.2 Å². The van der Waals surface area contributed by atoms with Crippen LogP contribution in [0.5, 0.6) is 0 Å². The summed E-state index contributed by atoms with van der Waals surface area (Å²) < 4.78 is 10.7. The Kier molecular flexibility index (Phi) is 3.03. The van der Waals surface area contributed by atoms with Gasteiger partial charge in [0, 0.05) is 5.92 Å². The van der Waals surface area contributed by atoms with E-state index in [0.717, 1.165) is 12.8 Å². The van der Waals surface area contributed by atoms with Gasteiger partial charge in [-0.2, -0.15) is 0 Å². The number of carboxylic acids is 1. The van der Waals surface area contributed by atoms with Crippen LogP contribution in [0, 0.1) is 5.92 Å². The van der Waals surface area contributed by atoms with Crippen LogP contribution in [-0.4, -0.2) is 30.1 Å². The molecule has 4 nitrogen and oxygen atoms in total. The zero-order chi connectivity index (χ0) is 9.97. The highest BCUT2D eigenvalue weighted by atomic mass is 16.7. The van der Waals surface area contributed by atoms with Gasteiger partial charge < -0.3 is 14.6 Å². The Morgan fingerprint density at radius 2 is 1.93 bits per heavy atom. The van der Waals surface area contributed by atoms with Crippen molar-refractivity contribution >= 4 is 5.97 Å². The van der Waals surface area contributed by atoms with Crippen molar-refractivity contribution in [2.24, 2.45) is 5.92 Å². The van der Waals surface area contributed by atoms with Gasteiger partial charge in [-0.1, -0.05) is 19.3 Å². The monoisotopic (exact) mass is 200 g/mol. The van der Waals surface area contributed by atoms with E-state index < -0.39 is 12.1 Å². The molecule has 0 radical (unpaired) electrons. The summed E-state index contributed by atoms with van der Waals surface area (Å²) in [6.07, 6.45) is 4.91. The number of ether oxygens (including phenoxy) is 2. The Hall–Kier alpha value is -0.610. The highest BCUT2D eigenvalue weighted by molar-refractivity contribution is 5.72. The van der Waals surface area contributed by atoms with Crippen molar-refractivity contribution in [3.63, 3.8) is 0 Å². The molecular formula is C10H16O4. The summed E-state index contributed by atoms with van der Waals surface area (Å²) in [6.45, 7) is 0.205. The molecular weight excluding hydrogens is 184 g/mol. The van der Waals surface area contributed by atoms with E-state index in [1.165, 1.54) is 19.3 Å². The topological polar surface area (TPSA) is 55.8 Å². The molecule has 1 aliphatic carbocycles. The lowest BCUT2D eigenvalue weighted by Crippen LogP contribution is -2.27. The molecule has 1 heterocycles. The van der Waals surface area contributed by atoms with Gasteiger partial charge in [0.1, 0.15) is 0 Å². The first kappa shape index (κ1) is 9.93. The van der Waals surface area contributed by atoms with Gasteiger partial charge in [0.2, 0.25) is 0 Å². The van der Waals surface area contributed by atoms with E-state index in [1.54, 1.807) is 0 Å². The second-order valence-corrected chi connectivity index (χ2v) is 4.06. The third kappa shape index (κ3) is 2.07. The lowest BCUT2D eigenvalue weighted by molar-refractivity contribution is -0.154. The molecule has 0 bridgehead atoms. The summed E-state index contributed by atoms with van der Waals surface area (Å²) in [5, 5.41) is 8.72. The van der Waals surface area contributed by atoms with E-state index >= 15 is 0 Å². The van der Waals surface area contributed by atoms with Gasteiger partial charge in [-0.25, -0.2) is 4.79 Å². The molecule has 0 aromatic heterocycles. The zero-order valence-electron chi connectivity index (χ0n) is 8.15. The van der Waals surface area contributed by atoms with Crippen LogP contribution in [0.3, 0.4) is 0 Å². The minimum Gasteiger partial charge on any atom is -0.479 e. The minimum atomic E-state index is -0.914. The molecule has 2 fully saturated rings. The molecule has 0 spiro atoms. The smallest absolute Gasteiger partial charge is 0.335 e. The number of aliphatic carboxylic acids is 1. The van der Waals surface area contributed by atoms with Gasteiger partial charge in [-0.15, -0.1) is 0 Å². The molecule has 2 atom stereocenters. The Balaban J connectivity index is 1.85. The summed E-state index contributed by atoms with van der Waals surface area (Å²) in [7, 11) is 0. The maximum Gasteiger partial charge on any atom is 0.335 e. The van der Waals surface area contributed by atoms with E-state index in [-0.39, 0.29) is 12.9 Å². The quantitative estimate of drug-likeness (QED) is 0.731. The first-order valence-corrected chi connectivity index (χ1v) is 5.27. The summed E-state index contributed by atoms with van der Waals surface area (Å²) >= 11 is 0. The zero-order valence-corrected chi connectivity index (χ0v) is 8.15. The molecule has 1 N–H and O–H groups in total. The van der Waals surface area contributed by atoms with Crippen LogP contribution in [0.25, 0.3) is 0 Å². The van der Waals surface area contributed by atoms with Crippen molar-refractivity contribution in [1.82, 2.24) is 0 Å². The normalized spacial score (nSPS) is 34.6. The van der Waals surface area contributed by atoms with E-state index in [9.17, 15) is 4.79 Å². The molecule has 2 rings (SSSR count). The first-order valence-electron chi connectivity index (χ1n) is 5.27.